The molecular weight excluding hydrogens is 360 g/mol. The number of nitrogens with one attached hydrogen (secondary N) is 1. The van der Waals surface area contributed by atoms with Crippen LogP contribution in [0.5, 0.6) is 0 Å². The van der Waals surface area contributed by atoms with Crippen molar-refractivity contribution in [3.8, 4) is 0 Å². The highest BCUT2D eigenvalue weighted by molar-refractivity contribution is 5.81. The maximum absolute atomic E-state index is 12.4. The number of carbonyl (C=O) groups is 2. The van der Waals surface area contributed by atoms with Gasteiger partial charge in [-0.25, -0.2) is 4.79 Å². The second-order valence-electron chi connectivity index (χ2n) is 8.25. The van der Waals surface area contributed by atoms with Gasteiger partial charge in [0.25, 0.3) is 0 Å². The summed E-state index contributed by atoms with van der Waals surface area (Å²) < 4.78 is 5.22. The van der Waals surface area contributed by atoms with Gasteiger partial charge in [0.05, 0.1) is 12.0 Å². The molecule has 1 aromatic heterocycles. The first-order valence-electron chi connectivity index (χ1n) is 10.4. The number of piperidine rings is 1. The van der Waals surface area contributed by atoms with E-state index in [0.29, 0.717) is 43.7 Å². The molecule has 154 valence electrons. The standard InChI is InChI=1S/C19H30N6O3/c1-3-23-6-4-14(5-7-23)9-20-19(27)24-11-16(12-24)25-10-15(8-17(25)26)18-21-13(2)22-28-18/h14-16H,3-12H2,1-2H3,(H,20,27). The lowest BCUT2D eigenvalue weighted by atomic mass is 9.97. The number of aromatic nitrogens is 2. The number of amides is 3. The molecule has 3 saturated heterocycles. The van der Waals surface area contributed by atoms with Gasteiger partial charge in [0.15, 0.2) is 5.82 Å². The van der Waals surface area contributed by atoms with E-state index in [1.165, 1.54) is 0 Å². The SMILES string of the molecule is CCN1CCC(CNC(=O)N2CC(N3CC(c4nc(C)no4)CC3=O)C2)CC1. The third-order valence-corrected chi connectivity index (χ3v) is 6.34. The average Bonchev–Trinajstić information content (AvgIpc) is 3.25. The summed E-state index contributed by atoms with van der Waals surface area (Å²) in [5.41, 5.74) is 0. The van der Waals surface area contributed by atoms with Crippen molar-refractivity contribution >= 4 is 11.9 Å². The minimum absolute atomic E-state index is 0.00936. The van der Waals surface area contributed by atoms with Crippen molar-refractivity contribution in [2.45, 2.75) is 45.1 Å². The molecule has 4 rings (SSSR count). The van der Waals surface area contributed by atoms with Crippen LogP contribution >= 0.6 is 0 Å². The fourth-order valence-corrected chi connectivity index (χ4v) is 4.40. The fraction of sp³-hybridized carbons (Fsp3) is 0.789. The first-order valence-corrected chi connectivity index (χ1v) is 10.4. The lowest BCUT2D eigenvalue weighted by Crippen LogP contribution is -2.63. The molecule has 0 aliphatic carbocycles. The summed E-state index contributed by atoms with van der Waals surface area (Å²) in [6, 6.07) is 0.0879. The van der Waals surface area contributed by atoms with Gasteiger partial charge in [0, 0.05) is 32.6 Å². The van der Waals surface area contributed by atoms with E-state index in [2.05, 4.69) is 27.3 Å². The van der Waals surface area contributed by atoms with Gasteiger partial charge < -0.3 is 24.5 Å². The molecule has 3 aliphatic heterocycles. The van der Waals surface area contributed by atoms with Gasteiger partial charge in [-0.15, -0.1) is 0 Å². The van der Waals surface area contributed by atoms with Crippen LogP contribution in [0.25, 0.3) is 0 Å². The summed E-state index contributed by atoms with van der Waals surface area (Å²) >= 11 is 0. The number of nitrogens with zero attached hydrogens (tertiary/aromatic N) is 5. The molecule has 3 fully saturated rings. The Morgan fingerprint density at radius 1 is 1.25 bits per heavy atom. The Kier molecular flexibility index (Phi) is 5.52. The van der Waals surface area contributed by atoms with Gasteiger partial charge in [-0.2, -0.15) is 4.98 Å². The molecule has 4 heterocycles. The van der Waals surface area contributed by atoms with Crippen LogP contribution in [-0.2, 0) is 4.79 Å². The number of urea groups is 1. The van der Waals surface area contributed by atoms with Crippen molar-refractivity contribution in [1.82, 2.24) is 30.2 Å². The highest BCUT2D eigenvalue weighted by Crippen LogP contribution is 2.30. The van der Waals surface area contributed by atoms with Crippen molar-refractivity contribution < 1.29 is 14.1 Å². The number of likely N-dealkylation sites (tertiary alicyclic amines) is 3. The molecule has 3 aliphatic rings. The van der Waals surface area contributed by atoms with E-state index in [0.717, 1.165) is 39.0 Å². The maximum atomic E-state index is 12.4. The first-order chi connectivity index (χ1) is 13.5. The summed E-state index contributed by atoms with van der Waals surface area (Å²) in [5, 5.41) is 6.89. The Morgan fingerprint density at radius 2 is 2.00 bits per heavy atom. The molecule has 3 amide bonds. The number of hydrogen-bond donors (Lipinski definition) is 1. The molecule has 1 aromatic rings. The lowest BCUT2D eigenvalue weighted by molar-refractivity contribution is -0.132. The second kappa shape index (κ2) is 8.06. The smallest absolute Gasteiger partial charge is 0.317 e. The molecule has 0 bridgehead atoms. The van der Waals surface area contributed by atoms with Gasteiger partial charge >= 0.3 is 6.03 Å². The van der Waals surface area contributed by atoms with Crippen LogP contribution < -0.4 is 5.32 Å². The Hall–Kier alpha value is -2.16. The normalized spacial score (nSPS) is 24.6. The van der Waals surface area contributed by atoms with Crippen LogP contribution in [0.3, 0.4) is 0 Å². The van der Waals surface area contributed by atoms with Gasteiger partial charge in [0.1, 0.15) is 0 Å². The van der Waals surface area contributed by atoms with Gasteiger partial charge in [-0.1, -0.05) is 12.1 Å². The molecule has 9 heteroatoms. The van der Waals surface area contributed by atoms with Crippen molar-refractivity contribution in [2.24, 2.45) is 5.92 Å². The van der Waals surface area contributed by atoms with Crippen LogP contribution in [-0.4, -0.2) is 88.6 Å². The largest absolute Gasteiger partial charge is 0.339 e. The Bertz CT molecular complexity index is 708. The van der Waals surface area contributed by atoms with E-state index in [1.54, 1.807) is 11.8 Å². The van der Waals surface area contributed by atoms with Crippen molar-refractivity contribution in [3.63, 3.8) is 0 Å². The average molecular weight is 390 g/mol. The van der Waals surface area contributed by atoms with Crippen molar-refractivity contribution in [3.05, 3.63) is 11.7 Å². The molecular formula is C19H30N6O3. The van der Waals surface area contributed by atoms with Gasteiger partial charge in [-0.3, -0.25) is 4.79 Å². The van der Waals surface area contributed by atoms with Crippen LogP contribution in [0.15, 0.2) is 4.52 Å². The molecule has 0 radical (unpaired) electrons. The minimum Gasteiger partial charge on any atom is -0.339 e. The number of carbonyl (C=O) groups excluding carboxylic acids is 2. The molecule has 0 spiro atoms. The van der Waals surface area contributed by atoms with E-state index in [-0.39, 0.29) is 23.9 Å². The summed E-state index contributed by atoms with van der Waals surface area (Å²) in [5.74, 6) is 1.77. The summed E-state index contributed by atoms with van der Waals surface area (Å²) in [4.78, 5) is 35.1. The third-order valence-electron chi connectivity index (χ3n) is 6.34. The monoisotopic (exact) mass is 390 g/mol. The molecule has 28 heavy (non-hydrogen) atoms. The molecule has 0 saturated carbocycles. The van der Waals surface area contributed by atoms with E-state index < -0.39 is 0 Å². The second-order valence-corrected chi connectivity index (χ2v) is 8.25. The van der Waals surface area contributed by atoms with E-state index in [4.69, 9.17) is 4.52 Å². The fourth-order valence-electron chi connectivity index (χ4n) is 4.40. The van der Waals surface area contributed by atoms with Crippen molar-refractivity contribution in [1.29, 1.82) is 0 Å². The summed E-state index contributed by atoms with van der Waals surface area (Å²) in [7, 11) is 0. The zero-order valence-electron chi connectivity index (χ0n) is 16.8. The minimum atomic E-state index is -0.0365. The quantitative estimate of drug-likeness (QED) is 0.800. The van der Waals surface area contributed by atoms with Gasteiger partial charge in [0.2, 0.25) is 11.8 Å². The lowest BCUT2D eigenvalue weighted by Gasteiger charge is -2.44. The Labute approximate surface area is 165 Å². The van der Waals surface area contributed by atoms with Gasteiger partial charge in [-0.05, 0) is 45.3 Å². The Morgan fingerprint density at radius 3 is 2.64 bits per heavy atom. The first kappa shape index (κ1) is 19.2. The number of rotatable bonds is 5. The zero-order valence-corrected chi connectivity index (χ0v) is 16.8. The summed E-state index contributed by atoms with van der Waals surface area (Å²) in [6.07, 6.45) is 2.70. The predicted molar refractivity (Wildman–Crippen MR) is 102 cm³/mol. The molecule has 1 unspecified atom stereocenters. The Balaban J connectivity index is 1.19. The third kappa shape index (κ3) is 3.99. The van der Waals surface area contributed by atoms with Crippen LogP contribution in [0.4, 0.5) is 4.79 Å². The maximum Gasteiger partial charge on any atom is 0.317 e. The highest BCUT2D eigenvalue weighted by Gasteiger charge is 2.43. The molecule has 0 aromatic carbocycles. The summed E-state index contributed by atoms with van der Waals surface area (Å²) in [6.45, 7) is 9.87. The van der Waals surface area contributed by atoms with Crippen LogP contribution in [0.2, 0.25) is 0 Å². The van der Waals surface area contributed by atoms with E-state index in [1.807, 2.05) is 4.90 Å². The van der Waals surface area contributed by atoms with Crippen LogP contribution in [0, 0.1) is 12.8 Å². The zero-order chi connectivity index (χ0) is 19.7. The predicted octanol–water partition coefficient (Wildman–Crippen LogP) is 0.820. The number of hydrogen-bond acceptors (Lipinski definition) is 6. The van der Waals surface area contributed by atoms with Crippen molar-refractivity contribution in [2.75, 3.05) is 45.8 Å². The van der Waals surface area contributed by atoms with Crippen LogP contribution in [0.1, 0.15) is 43.8 Å². The number of aryl methyl sites for hydroxylation is 1. The topological polar surface area (TPSA) is 94.8 Å². The molecule has 1 N–H and O–H groups in total. The van der Waals surface area contributed by atoms with E-state index in [9.17, 15) is 9.59 Å². The molecule has 1 atom stereocenters. The molecule has 9 nitrogen and oxygen atoms in total. The van der Waals surface area contributed by atoms with E-state index >= 15 is 0 Å². The highest BCUT2D eigenvalue weighted by atomic mass is 16.5.